The summed E-state index contributed by atoms with van der Waals surface area (Å²) in [6.45, 7) is 7.50. The van der Waals surface area contributed by atoms with Gasteiger partial charge in [0, 0.05) is 18.4 Å². The molecular formula is C16H25NO3. The monoisotopic (exact) mass is 279 g/mol. The van der Waals surface area contributed by atoms with E-state index in [1.54, 1.807) is 14.0 Å². The van der Waals surface area contributed by atoms with Gasteiger partial charge in [-0.15, -0.1) is 0 Å². The smallest absolute Gasteiger partial charge is 0.225 e. The third kappa shape index (κ3) is 5.21. The minimum Gasteiger partial charge on any atom is -0.497 e. The van der Waals surface area contributed by atoms with Crippen LogP contribution in [0.5, 0.6) is 5.75 Å². The molecule has 0 saturated heterocycles. The Kier molecular flexibility index (Phi) is 5.17. The van der Waals surface area contributed by atoms with Crippen LogP contribution in [0.2, 0.25) is 0 Å². The molecule has 0 unspecified atom stereocenters. The van der Waals surface area contributed by atoms with E-state index in [4.69, 9.17) is 4.74 Å². The van der Waals surface area contributed by atoms with Crippen molar-refractivity contribution < 1.29 is 14.6 Å². The van der Waals surface area contributed by atoms with E-state index in [0.717, 1.165) is 11.3 Å². The quantitative estimate of drug-likeness (QED) is 0.868. The maximum atomic E-state index is 11.8. The van der Waals surface area contributed by atoms with Gasteiger partial charge < -0.3 is 15.2 Å². The van der Waals surface area contributed by atoms with Gasteiger partial charge in [0.15, 0.2) is 0 Å². The van der Waals surface area contributed by atoms with Crippen molar-refractivity contribution in [2.24, 2.45) is 5.41 Å². The Morgan fingerprint density at radius 1 is 1.20 bits per heavy atom. The SMILES string of the molecule is COc1ccc(C[C@@](C)(O)CNC(=O)C(C)(C)C)cc1. The summed E-state index contributed by atoms with van der Waals surface area (Å²) in [5.74, 6) is 0.724. The maximum Gasteiger partial charge on any atom is 0.225 e. The third-order valence-electron chi connectivity index (χ3n) is 3.05. The van der Waals surface area contributed by atoms with Crippen LogP contribution in [0.15, 0.2) is 24.3 Å². The fourth-order valence-corrected chi connectivity index (χ4v) is 1.78. The van der Waals surface area contributed by atoms with E-state index in [-0.39, 0.29) is 12.5 Å². The topological polar surface area (TPSA) is 58.6 Å². The summed E-state index contributed by atoms with van der Waals surface area (Å²) >= 11 is 0. The van der Waals surface area contributed by atoms with Crippen LogP contribution >= 0.6 is 0 Å². The normalized spacial score (nSPS) is 14.5. The molecule has 1 amide bonds. The van der Waals surface area contributed by atoms with Crippen LogP contribution in [-0.4, -0.2) is 30.3 Å². The van der Waals surface area contributed by atoms with E-state index >= 15 is 0 Å². The van der Waals surface area contributed by atoms with Gasteiger partial charge in [-0.3, -0.25) is 4.79 Å². The summed E-state index contributed by atoms with van der Waals surface area (Å²) < 4.78 is 5.10. The van der Waals surface area contributed by atoms with Crippen molar-refractivity contribution in [3.05, 3.63) is 29.8 Å². The first-order chi connectivity index (χ1) is 9.14. The van der Waals surface area contributed by atoms with Crippen LogP contribution in [0, 0.1) is 5.41 Å². The fraction of sp³-hybridized carbons (Fsp3) is 0.562. The average molecular weight is 279 g/mol. The van der Waals surface area contributed by atoms with Gasteiger partial charge in [-0.25, -0.2) is 0 Å². The molecule has 0 heterocycles. The summed E-state index contributed by atoms with van der Waals surface area (Å²) in [6.07, 6.45) is 0.474. The second-order valence-corrected chi connectivity index (χ2v) is 6.45. The number of carbonyl (C=O) groups excluding carboxylic acids is 1. The lowest BCUT2D eigenvalue weighted by atomic mass is 9.93. The van der Waals surface area contributed by atoms with Crippen LogP contribution in [0.25, 0.3) is 0 Å². The number of ether oxygens (including phenoxy) is 1. The number of hydrogen-bond donors (Lipinski definition) is 2. The average Bonchev–Trinajstić information content (AvgIpc) is 2.35. The Bertz CT molecular complexity index is 444. The van der Waals surface area contributed by atoms with Crippen LogP contribution in [-0.2, 0) is 11.2 Å². The molecule has 0 bridgehead atoms. The first-order valence-corrected chi connectivity index (χ1v) is 6.78. The molecule has 0 aromatic heterocycles. The lowest BCUT2D eigenvalue weighted by Crippen LogP contribution is -2.45. The highest BCUT2D eigenvalue weighted by molar-refractivity contribution is 5.81. The second kappa shape index (κ2) is 6.27. The molecule has 1 aromatic carbocycles. The summed E-state index contributed by atoms with van der Waals surface area (Å²) in [4.78, 5) is 11.8. The van der Waals surface area contributed by atoms with E-state index in [1.165, 1.54) is 0 Å². The van der Waals surface area contributed by atoms with Crippen molar-refractivity contribution in [3.8, 4) is 5.75 Å². The lowest BCUT2D eigenvalue weighted by Gasteiger charge is -2.26. The molecule has 0 fully saturated rings. The maximum absolute atomic E-state index is 11.8. The Balaban J connectivity index is 2.58. The van der Waals surface area contributed by atoms with Crippen LogP contribution < -0.4 is 10.1 Å². The largest absolute Gasteiger partial charge is 0.497 e. The molecular weight excluding hydrogens is 254 g/mol. The zero-order chi connectivity index (χ0) is 15.4. The number of benzene rings is 1. The van der Waals surface area contributed by atoms with Crippen molar-refractivity contribution in [2.75, 3.05) is 13.7 Å². The highest BCUT2D eigenvalue weighted by Crippen LogP contribution is 2.18. The van der Waals surface area contributed by atoms with Crippen LogP contribution in [0.4, 0.5) is 0 Å². The molecule has 0 aliphatic carbocycles. The Hall–Kier alpha value is -1.55. The molecule has 0 radical (unpaired) electrons. The van der Waals surface area contributed by atoms with Crippen molar-refractivity contribution in [3.63, 3.8) is 0 Å². The van der Waals surface area contributed by atoms with Crippen molar-refractivity contribution >= 4 is 5.91 Å². The molecule has 0 aliphatic rings. The number of hydrogen-bond acceptors (Lipinski definition) is 3. The Morgan fingerprint density at radius 3 is 2.20 bits per heavy atom. The lowest BCUT2D eigenvalue weighted by molar-refractivity contribution is -0.129. The number of aliphatic hydroxyl groups is 1. The van der Waals surface area contributed by atoms with Gasteiger partial charge in [-0.05, 0) is 24.6 Å². The predicted octanol–water partition coefficient (Wildman–Crippen LogP) is 2.15. The number of methoxy groups -OCH3 is 1. The van der Waals surface area contributed by atoms with E-state index in [9.17, 15) is 9.90 Å². The molecule has 2 N–H and O–H groups in total. The van der Waals surface area contributed by atoms with E-state index in [2.05, 4.69) is 5.32 Å². The first-order valence-electron chi connectivity index (χ1n) is 6.78. The Morgan fingerprint density at radius 2 is 1.75 bits per heavy atom. The zero-order valence-electron chi connectivity index (χ0n) is 13.0. The minimum absolute atomic E-state index is 0.0625. The molecule has 20 heavy (non-hydrogen) atoms. The number of carbonyl (C=O) groups is 1. The van der Waals surface area contributed by atoms with E-state index in [0.29, 0.717) is 6.42 Å². The molecule has 1 aromatic rings. The van der Waals surface area contributed by atoms with Crippen molar-refractivity contribution in [1.82, 2.24) is 5.32 Å². The number of nitrogens with one attached hydrogen (secondary N) is 1. The molecule has 0 aliphatic heterocycles. The van der Waals surface area contributed by atoms with Crippen LogP contribution in [0.1, 0.15) is 33.3 Å². The molecule has 0 saturated carbocycles. The molecule has 112 valence electrons. The number of amides is 1. The Labute approximate surface area is 121 Å². The van der Waals surface area contributed by atoms with Gasteiger partial charge in [-0.2, -0.15) is 0 Å². The molecule has 1 rings (SSSR count). The first kappa shape index (κ1) is 16.5. The van der Waals surface area contributed by atoms with Gasteiger partial charge in [0.2, 0.25) is 5.91 Å². The van der Waals surface area contributed by atoms with E-state index in [1.807, 2.05) is 45.0 Å². The van der Waals surface area contributed by atoms with Gasteiger partial charge >= 0.3 is 0 Å². The second-order valence-electron chi connectivity index (χ2n) is 6.45. The molecule has 0 spiro atoms. The highest BCUT2D eigenvalue weighted by atomic mass is 16.5. The molecule has 4 heteroatoms. The minimum atomic E-state index is -0.977. The number of rotatable bonds is 5. The highest BCUT2D eigenvalue weighted by Gasteiger charge is 2.26. The van der Waals surface area contributed by atoms with Gasteiger partial charge in [0.1, 0.15) is 5.75 Å². The molecule has 4 nitrogen and oxygen atoms in total. The van der Waals surface area contributed by atoms with Crippen LogP contribution in [0.3, 0.4) is 0 Å². The summed E-state index contributed by atoms with van der Waals surface area (Å²) in [7, 11) is 1.62. The molecule has 1 atom stereocenters. The van der Waals surface area contributed by atoms with Gasteiger partial charge in [0.25, 0.3) is 0 Å². The van der Waals surface area contributed by atoms with Crippen molar-refractivity contribution in [2.45, 2.75) is 39.7 Å². The summed E-state index contributed by atoms with van der Waals surface area (Å²) in [5, 5.41) is 13.2. The van der Waals surface area contributed by atoms with Gasteiger partial charge in [0.05, 0.1) is 12.7 Å². The summed E-state index contributed by atoms with van der Waals surface area (Å²) in [5.41, 5.74) is -0.424. The predicted molar refractivity (Wildman–Crippen MR) is 79.8 cm³/mol. The van der Waals surface area contributed by atoms with E-state index < -0.39 is 11.0 Å². The van der Waals surface area contributed by atoms with Gasteiger partial charge in [-0.1, -0.05) is 32.9 Å². The fourth-order valence-electron chi connectivity index (χ4n) is 1.78. The third-order valence-corrected chi connectivity index (χ3v) is 3.05. The van der Waals surface area contributed by atoms with Crippen molar-refractivity contribution in [1.29, 1.82) is 0 Å². The standard InChI is InChI=1S/C16H25NO3/c1-15(2,3)14(18)17-11-16(4,19)10-12-6-8-13(20-5)9-7-12/h6-9,19H,10-11H2,1-5H3,(H,17,18)/t16-/m1/s1. The zero-order valence-corrected chi connectivity index (χ0v) is 13.0. The summed E-state index contributed by atoms with van der Waals surface area (Å²) in [6, 6.07) is 7.55.